The lowest BCUT2D eigenvalue weighted by atomic mass is 9.78. The van der Waals surface area contributed by atoms with Crippen LogP contribution in [0.15, 0.2) is 27.8 Å². The monoisotopic (exact) mass is 354 g/mol. The molecule has 0 radical (unpaired) electrons. The van der Waals surface area contributed by atoms with Gasteiger partial charge in [0.25, 0.3) is 0 Å². The predicted molar refractivity (Wildman–Crippen MR) is 83.3 cm³/mol. The Hall–Kier alpha value is -1.01. The molecule has 0 unspecified atom stereocenters. The molecule has 4 nitrogen and oxygen atoms in total. The molecule has 0 aliphatic heterocycles. The molecular weight excluding hydrogens is 340 g/mol. The Morgan fingerprint density at radius 1 is 1.55 bits per heavy atom. The van der Waals surface area contributed by atoms with E-state index in [0.717, 1.165) is 33.5 Å². The topological polar surface area (TPSA) is 55.1 Å². The molecule has 0 saturated heterocycles. The van der Waals surface area contributed by atoms with Crippen molar-refractivity contribution in [1.29, 1.82) is 0 Å². The maximum atomic E-state index is 10.8. The van der Waals surface area contributed by atoms with Gasteiger partial charge < -0.3 is 9.67 Å². The Bertz CT molecular complexity index is 679. The van der Waals surface area contributed by atoms with Crippen molar-refractivity contribution in [3.8, 4) is 0 Å². The number of halogens is 1. The molecule has 1 aliphatic rings. The molecule has 2 aromatic rings. The standard InChI is InChI=1S/C14H15BrN2O2S/c1-14(5-2-6-14)17-11-4-3-9(15)7-10(11)16-13(17)20-8-12(18)19/h3-4,7H,2,5-6,8H2,1H3,(H,18,19). The number of thioether (sulfide) groups is 1. The number of carbonyl (C=O) groups is 1. The van der Waals surface area contributed by atoms with Crippen molar-refractivity contribution in [2.24, 2.45) is 0 Å². The van der Waals surface area contributed by atoms with Crippen LogP contribution < -0.4 is 0 Å². The minimum Gasteiger partial charge on any atom is -0.481 e. The first kappa shape index (κ1) is 13.9. The summed E-state index contributed by atoms with van der Waals surface area (Å²) in [7, 11) is 0. The first-order chi connectivity index (χ1) is 9.49. The highest BCUT2D eigenvalue weighted by Gasteiger charge is 2.36. The zero-order valence-corrected chi connectivity index (χ0v) is 13.5. The van der Waals surface area contributed by atoms with Gasteiger partial charge in [0, 0.05) is 10.0 Å². The van der Waals surface area contributed by atoms with Crippen molar-refractivity contribution in [3.05, 3.63) is 22.7 Å². The lowest BCUT2D eigenvalue weighted by molar-refractivity contribution is -0.133. The van der Waals surface area contributed by atoms with Crippen LogP contribution in [0.3, 0.4) is 0 Å². The summed E-state index contributed by atoms with van der Waals surface area (Å²) < 4.78 is 3.22. The number of carboxylic acid groups (broad SMARTS) is 1. The van der Waals surface area contributed by atoms with Crippen LogP contribution in [0.1, 0.15) is 26.2 Å². The summed E-state index contributed by atoms with van der Waals surface area (Å²) in [6.45, 7) is 2.23. The summed E-state index contributed by atoms with van der Waals surface area (Å²) in [6, 6.07) is 6.05. The number of carboxylic acids is 1. The number of imidazole rings is 1. The molecule has 20 heavy (non-hydrogen) atoms. The van der Waals surface area contributed by atoms with E-state index in [-0.39, 0.29) is 11.3 Å². The lowest BCUT2D eigenvalue weighted by Gasteiger charge is -2.41. The number of hydrogen-bond donors (Lipinski definition) is 1. The third kappa shape index (κ3) is 2.35. The number of nitrogens with zero attached hydrogens (tertiary/aromatic N) is 2. The van der Waals surface area contributed by atoms with Crippen LogP contribution >= 0.6 is 27.7 Å². The zero-order valence-electron chi connectivity index (χ0n) is 11.1. The quantitative estimate of drug-likeness (QED) is 0.846. The SMILES string of the molecule is CC1(n2c(SCC(=O)O)nc3cc(Br)ccc32)CCC1. The average Bonchev–Trinajstić information content (AvgIpc) is 2.71. The van der Waals surface area contributed by atoms with Crippen molar-refractivity contribution < 1.29 is 9.90 Å². The van der Waals surface area contributed by atoms with E-state index in [1.165, 1.54) is 18.2 Å². The fourth-order valence-electron chi connectivity index (χ4n) is 2.69. The van der Waals surface area contributed by atoms with Crippen LogP contribution in [-0.2, 0) is 10.3 Å². The maximum absolute atomic E-state index is 10.8. The molecule has 1 N–H and O–H groups in total. The molecule has 1 aliphatic carbocycles. The average molecular weight is 355 g/mol. The van der Waals surface area contributed by atoms with Crippen LogP contribution in [0.5, 0.6) is 0 Å². The van der Waals surface area contributed by atoms with E-state index in [1.807, 2.05) is 12.1 Å². The van der Waals surface area contributed by atoms with E-state index in [9.17, 15) is 4.79 Å². The largest absolute Gasteiger partial charge is 0.481 e. The molecule has 1 fully saturated rings. The maximum Gasteiger partial charge on any atom is 0.313 e. The van der Waals surface area contributed by atoms with Gasteiger partial charge in [0.05, 0.1) is 16.8 Å². The Labute approximate surface area is 129 Å². The van der Waals surface area contributed by atoms with E-state index in [1.54, 1.807) is 0 Å². The number of hydrogen-bond acceptors (Lipinski definition) is 3. The third-order valence-electron chi connectivity index (χ3n) is 3.88. The van der Waals surface area contributed by atoms with Crippen LogP contribution in [0.4, 0.5) is 0 Å². The van der Waals surface area contributed by atoms with Gasteiger partial charge in [-0.2, -0.15) is 0 Å². The number of aliphatic carboxylic acids is 1. The van der Waals surface area contributed by atoms with E-state index >= 15 is 0 Å². The summed E-state index contributed by atoms with van der Waals surface area (Å²) >= 11 is 4.76. The van der Waals surface area contributed by atoms with Gasteiger partial charge in [-0.3, -0.25) is 4.79 Å². The number of benzene rings is 1. The third-order valence-corrected chi connectivity index (χ3v) is 5.30. The second-order valence-electron chi connectivity index (χ2n) is 5.40. The molecule has 0 bridgehead atoms. The molecule has 0 atom stereocenters. The molecule has 0 spiro atoms. The van der Waals surface area contributed by atoms with Gasteiger partial charge in [0.15, 0.2) is 5.16 Å². The fourth-order valence-corrected chi connectivity index (χ4v) is 3.90. The summed E-state index contributed by atoms with van der Waals surface area (Å²) in [5.74, 6) is -0.769. The van der Waals surface area contributed by atoms with Crippen molar-refractivity contribution in [2.45, 2.75) is 36.9 Å². The summed E-state index contributed by atoms with van der Waals surface area (Å²) in [5.41, 5.74) is 2.08. The van der Waals surface area contributed by atoms with Gasteiger partial charge in [0.2, 0.25) is 0 Å². The van der Waals surface area contributed by atoms with Gasteiger partial charge >= 0.3 is 5.97 Å². The summed E-state index contributed by atoms with van der Waals surface area (Å²) in [4.78, 5) is 15.4. The Morgan fingerprint density at radius 3 is 2.90 bits per heavy atom. The van der Waals surface area contributed by atoms with Gasteiger partial charge in [-0.15, -0.1) is 0 Å². The van der Waals surface area contributed by atoms with Crippen molar-refractivity contribution in [1.82, 2.24) is 9.55 Å². The van der Waals surface area contributed by atoms with E-state index in [2.05, 4.69) is 38.5 Å². The van der Waals surface area contributed by atoms with Gasteiger partial charge in [0.1, 0.15) is 0 Å². The van der Waals surface area contributed by atoms with E-state index in [4.69, 9.17) is 5.11 Å². The van der Waals surface area contributed by atoms with Crippen molar-refractivity contribution in [3.63, 3.8) is 0 Å². The Kier molecular flexibility index (Phi) is 3.54. The zero-order chi connectivity index (χ0) is 14.3. The normalized spacial score (nSPS) is 17.1. The molecule has 106 valence electrons. The molecular formula is C14H15BrN2O2S. The minimum absolute atomic E-state index is 0.0422. The summed E-state index contributed by atoms with van der Waals surface area (Å²) in [5, 5.41) is 9.70. The predicted octanol–water partition coefficient (Wildman–Crippen LogP) is 3.87. The first-order valence-electron chi connectivity index (χ1n) is 6.53. The van der Waals surface area contributed by atoms with Gasteiger partial charge in [-0.05, 0) is 44.4 Å². The highest BCUT2D eigenvalue weighted by molar-refractivity contribution is 9.10. The Morgan fingerprint density at radius 2 is 2.30 bits per heavy atom. The van der Waals surface area contributed by atoms with E-state index < -0.39 is 5.97 Å². The van der Waals surface area contributed by atoms with Gasteiger partial charge in [-0.1, -0.05) is 27.7 Å². The summed E-state index contributed by atoms with van der Waals surface area (Å²) in [6.07, 6.45) is 3.46. The van der Waals surface area contributed by atoms with Crippen LogP contribution in [0.2, 0.25) is 0 Å². The number of rotatable bonds is 4. The Balaban J connectivity index is 2.11. The number of aromatic nitrogens is 2. The second kappa shape index (κ2) is 5.07. The van der Waals surface area contributed by atoms with E-state index in [0.29, 0.717) is 0 Å². The first-order valence-corrected chi connectivity index (χ1v) is 8.30. The van der Waals surface area contributed by atoms with Crippen LogP contribution in [-0.4, -0.2) is 26.4 Å². The number of fused-ring (bicyclic) bond motifs is 1. The fraction of sp³-hybridized carbons (Fsp3) is 0.429. The van der Waals surface area contributed by atoms with Crippen LogP contribution in [0.25, 0.3) is 11.0 Å². The van der Waals surface area contributed by atoms with Crippen LogP contribution in [0, 0.1) is 0 Å². The molecule has 1 aromatic heterocycles. The molecule has 1 saturated carbocycles. The lowest BCUT2D eigenvalue weighted by Crippen LogP contribution is -2.37. The van der Waals surface area contributed by atoms with Crippen molar-refractivity contribution >= 4 is 44.7 Å². The molecule has 6 heteroatoms. The highest BCUT2D eigenvalue weighted by atomic mass is 79.9. The molecule has 1 heterocycles. The van der Waals surface area contributed by atoms with Crippen molar-refractivity contribution in [2.75, 3.05) is 5.75 Å². The van der Waals surface area contributed by atoms with Gasteiger partial charge in [-0.25, -0.2) is 4.98 Å². The molecule has 1 aromatic carbocycles. The minimum atomic E-state index is -0.812. The highest BCUT2D eigenvalue weighted by Crippen LogP contribution is 2.43. The molecule has 3 rings (SSSR count). The second-order valence-corrected chi connectivity index (χ2v) is 7.25. The molecule has 0 amide bonds. The smallest absolute Gasteiger partial charge is 0.313 e.